The molecule has 0 unspecified atom stereocenters. The minimum atomic E-state index is -0.0653. The maximum atomic E-state index is 13.1. The molecule has 23 heavy (non-hydrogen) atoms. The molecule has 5 atom stereocenters. The molecule has 0 aromatic carbocycles. The second-order valence-electron chi connectivity index (χ2n) is 9.43. The van der Waals surface area contributed by atoms with Crippen LogP contribution in [0.4, 0.5) is 0 Å². The summed E-state index contributed by atoms with van der Waals surface area (Å²) in [4.78, 5) is 13.1. The summed E-state index contributed by atoms with van der Waals surface area (Å²) in [5.74, 6) is 2.64. The van der Waals surface area contributed by atoms with Crippen LogP contribution < -0.4 is 0 Å². The fraction of sp³-hybridized carbons (Fsp3) is 0.773. The molecule has 4 aliphatic carbocycles. The lowest BCUT2D eigenvalue weighted by molar-refractivity contribution is -0.129. The number of carbonyl (C=O) groups is 1. The zero-order chi connectivity index (χ0) is 16.4. The van der Waals surface area contributed by atoms with Crippen LogP contribution in [0, 0.1) is 28.6 Å². The maximum Gasteiger partial charge on any atom is 0.164 e. The number of hydrogen-bond acceptors (Lipinski definition) is 1. The van der Waals surface area contributed by atoms with E-state index in [1.54, 1.807) is 5.57 Å². The predicted octanol–water partition coefficient (Wildman–Crippen LogP) is 5.85. The molecular weight excluding hydrogens is 280 g/mol. The average molecular weight is 312 g/mol. The number of rotatable bonds is 0. The van der Waals surface area contributed by atoms with Crippen molar-refractivity contribution in [3.63, 3.8) is 0 Å². The summed E-state index contributed by atoms with van der Waals surface area (Å²) >= 11 is 0. The third-order valence-electron chi connectivity index (χ3n) is 8.23. The minimum Gasteiger partial charge on any atom is -0.294 e. The Balaban J connectivity index is 1.73. The number of Topliss-reactive ketones (excluding diaryl/α,β-unsaturated/α-hetero) is 1. The van der Waals surface area contributed by atoms with Gasteiger partial charge in [-0.15, -0.1) is 0 Å². The van der Waals surface area contributed by atoms with Crippen molar-refractivity contribution in [3.05, 3.63) is 22.8 Å². The molecule has 0 spiro atoms. The highest BCUT2D eigenvalue weighted by Gasteiger charge is 2.59. The van der Waals surface area contributed by atoms with Crippen LogP contribution in [0.25, 0.3) is 0 Å². The average Bonchev–Trinajstić information content (AvgIpc) is 2.79. The number of hydrogen-bond donors (Lipinski definition) is 0. The molecule has 0 radical (unpaired) electrons. The second kappa shape index (κ2) is 5.07. The Kier molecular flexibility index (Phi) is 3.45. The van der Waals surface area contributed by atoms with Gasteiger partial charge in [0.15, 0.2) is 5.78 Å². The van der Waals surface area contributed by atoms with Crippen molar-refractivity contribution in [2.45, 2.75) is 79.1 Å². The standard InChI is InChI=1S/C22H32O/c1-14(2)17-13-19-16-9-8-15-7-5-6-11-21(15,3)18(16)10-12-22(19,4)20(17)23/h8,16,18-19H,5-7,9-13H2,1-4H3/t16-,18-,19+,21+,22+/m1/s1. The highest BCUT2D eigenvalue weighted by atomic mass is 16.1. The van der Waals surface area contributed by atoms with E-state index in [9.17, 15) is 4.79 Å². The topological polar surface area (TPSA) is 17.1 Å². The molecule has 0 aromatic rings. The lowest BCUT2D eigenvalue weighted by Crippen LogP contribution is -2.49. The highest BCUT2D eigenvalue weighted by Crippen LogP contribution is 2.64. The zero-order valence-corrected chi connectivity index (χ0v) is 15.4. The van der Waals surface area contributed by atoms with Gasteiger partial charge in [-0.05, 0) is 87.5 Å². The van der Waals surface area contributed by atoms with Crippen LogP contribution in [0.15, 0.2) is 22.8 Å². The Morgan fingerprint density at radius 1 is 1.09 bits per heavy atom. The maximum absolute atomic E-state index is 13.1. The molecule has 4 rings (SSSR count). The van der Waals surface area contributed by atoms with E-state index < -0.39 is 0 Å². The molecule has 0 N–H and O–H groups in total. The first kappa shape index (κ1) is 15.7. The molecule has 0 heterocycles. The SMILES string of the molecule is CC(C)=C1C[C@H]2[C@@H]3CC=C4CCCC[C@]4(C)[C@@H]3CC[C@]2(C)C1=O. The van der Waals surface area contributed by atoms with Gasteiger partial charge in [-0.3, -0.25) is 4.79 Å². The van der Waals surface area contributed by atoms with E-state index in [0.29, 0.717) is 17.1 Å². The quantitative estimate of drug-likeness (QED) is 0.405. The lowest BCUT2D eigenvalue weighted by Gasteiger charge is -2.56. The van der Waals surface area contributed by atoms with Crippen LogP contribution in [0.3, 0.4) is 0 Å². The third-order valence-corrected chi connectivity index (χ3v) is 8.23. The largest absolute Gasteiger partial charge is 0.294 e. The van der Waals surface area contributed by atoms with Gasteiger partial charge in [0, 0.05) is 5.41 Å². The van der Waals surface area contributed by atoms with Crippen molar-refractivity contribution in [1.29, 1.82) is 0 Å². The van der Waals surface area contributed by atoms with Gasteiger partial charge in [0.2, 0.25) is 0 Å². The molecule has 0 amide bonds. The summed E-state index contributed by atoms with van der Waals surface area (Å²) in [5.41, 5.74) is 4.57. The summed E-state index contributed by atoms with van der Waals surface area (Å²) in [6.45, 7) is 9.10. The van der Waals surface area contributed by atoms with Gasteiger partial charge >= 0.3 is 0 Å². The van der Waals surface area contributed by atoms with Gasteiger partial charge in [-0.1, -0.05) is 37.5 Å². The van der Waals surface area contributed by atoms with Crippen molar-refractivity contribution in [1.82, 2.24) is 0 Å². The molecule has 1 nitrogen and oxygen atoms in total. The number of fused-ring (bicyclic) bond motifs is 5. The molecule has 0 aliphatic heterocycles. The Labute approximate surface area is 141 Å². The second-order valence-corrected chi connectivity index (χ2v) is 9.43. The Hall–Kier alpha value is -0.850. The molecular formula is C22H32O. The fourth-order valence-electron chi connectivity index (χ4n) is 6.77. The first-order valence-corrected chi connectivity index (χ1v) is 9.78. The Morgan fingerprint density at radius 3 is 2.61 bits per heavy atom. The van der Waals surface area contributed by atoms with Gasteiger partial charge in [0.05, 0.1) is 0 Å². The summed E-state index contributed by atoms with van der Waals surface area (Å²) in [6, 6.07) is 0. The van der Waals surface area contributed by atoms with Crippen LogP contribution in [-0.2, 0) is 4.79 Å². The minimum absolute atomic E-state index is 0.0653. The molecule has 126 valence electrons. The van der Waals surface area contributed by atoms with Gasteiger partial charge in [0.25, 0.3) is 0 Å². The van der Waals surface area contributed by atoms with Crippen LogP contribution in [-0.4, -0.2) is 5.78 Å². The van der Waals surface area contributed by atoms with Crippen LogP contribution in [0.5, 0.6) is 0 Å². The van der Waals surface area contributed by atoms with Crippen molar-refractivity contribution >= 4 is 5.78 Å². The van der Waals surface area contributed by atoms with Crippen molar-refractivity contribution < 1.29 is 4.79 Å². The first-order chi connectivity index (χ1) is 10.9. The van der Waals surface area contributed by atoms with Crippen molar-refractivity contribution in [2.24, 2.45) is 28.6 Å². The summed E-state index contributed by atoms with van der Waals surface area (Å²) in [7, 11) is 0. The van der Waals surface area contributed by atoms with Gasteiger partial charge in [-0.25, -0.2) is 0 Å². The molecule has 0 saturated heterocycles. The van der Waals surface area contributed by atoms with E-state index in [1.807, 2.05) is 0 Å². The fourth-order valence-corrected chi connectivity index (χ4v) is 6.77. The van der Waals surface area contributed by atoms with Crippen LogP contribution >= 0.6 is 0 Å². The van der Waals surface area contributed by atoms with Crippen molar-refractivity contribution in [3.8, 4) is 0 Å². The van der Waals surface area contributed by atoms with E-state index in [1.165, 1.54) is 49.7 Å². The predicted molar refractivity (Wildman–Crippen MR) is 95.1 cm³/mol. The van der Waals surface area contributed by atoms with E-state index in [4.69, 9.17) is 0 Å². The smallest absolute Gasteiger partial charge is 0.164 e. The van der Waals surface area contributed by atoms with E-state index in [2.05, 4.69) is 33.8 Å². The molecule has 0 aromatic heterocycles. The first-order valence-electron chi connectivity index (χ1n) is 9.78. The lowest BCUT2D eigenvalue weighted by atomic mass is 9.48. The number of allylic oxidation sites excluding steroid dienone is 4. The third kappa shape index (κ3) is 2.01. The monoisotopic (exact) mass is 312 g/mol. The number of carbonyl (C=O) groups excluding carboxylic acids is 1. The zero-order valence-electron chi connectivity index (χ0n) is 15.4. The van der Waals surface area contributed by atoms with Crippen LogP contribution in [0.1, 0.15) is 79.1 Å². The van der Waals surface area contributed by atoms with Crippen molar-refractivity contribution in [2.75, 3.05) is 0 Å². The van der Waals surface area contributed by atoms with Gasteiger partial charge < -0.3 is 0 Å². The molecule has 1 heteroatoms. The highest BCUT2D eigenvalue weighted by molar-refractivity contribution is 6.03. The molecule has 3 fully saturated rings. The summed E-state index contributed by atoms with van der Waals surface area (Å²) in [6.07, 6.45) is 12.8. The van der Waals surface area contributed by atoms with Gasteiger partial charge in [0.1, 0.15) is 0 Å². The normalized spacial score (nSPS) is 45.9. The molecule has 3 saturated carbocycles. The summed E-state index contributed by atoms with van der Waals surface area (Å²) < 4.78 is 0. The number of ketones is 1. The molecule has 4 aliphatic rings. The van der Waals surface area contributed by atoms with E-state index in [-0.39, 0.29) is 5.41 Å². The van der Waals surface area contributed by atoms with Crippen LogP contribution in [0.2, 0.25) is 0 Å². The van der Waals surface area contributed by atoms with E-state index >= 15 is 0 Å². The molecule has 0 bridgehead atoms. The van der Waals surface area contributed by atoms with Gasteiger partial charge in [-0.2, -0.15) is 0 Å². The Bertz CT molecular complexity index is 605. The summed E-state index contributed by atoms with van der Waals surface area (Å²) in [5, 5.41) is 0. The Morgan fingerprint density at radius 2 is 1.87 bits per heavy atom. The van der Waals surface area contributed by atoms with E-state index in [0.717, 1.165) is 24.7 Å².